The van der Waals surface area contributed by atoms with Gasteiger partial charge in [-0.15, -0.1) is 35.3 Å². The van der Waals surface area contributed by atoms with Crippen LogP contribution in [0.15, 0.2) is 45.3 Å². The summed E-state index contributed by atoms with van der Waals surface area (Å²) >= 11 is 1.77. The molecule has 3 saturated heterocycles. The molecule has 2 bridgehead atoms. The highest BCUT2D eigenvalue weighted by molar-refractivity contribution is 14.0. The maximum absolute atomic E-state index is 6.12. The molecular weight excluding hydrogens is 473 g/mol. The van der Waals surface area contributed by atoms with Crippen LogP contribution in [-0.4, -0.2) is 42.7 Å². The van der Waals surface area contributed by atoms with Gasteiger partial charge in [-0.25, -0.2) is 4.99 Å². The fraction of sp³-hybridized carbons (Fsp3) is 0.550. The van der Waals surface area contributed by atoms with Crippen molar-refractivity contribution in [3.8, 4) is 0 Å². The van der Waals surface area contributed by atoms with E-state index in [1.807, 2.05) is 12.1 Å². The molecule has 5 rings (SSSR count). The number of aliphatic imine (C=N–C) groups is 1. The van der Waals surface area contributed by atoms with E-state index in [0.29, 0.717) is 24.0 Å². The maximum atomic E-state index is 6.12. The molecule has 1 N–H and O–H groups in total. The number of halogens is 1. The number of hydrogen-bond donors (Lipinski definition) is 1. The van der Waals surface area contributed by atoms with Crippen LogP contribution in [0.25, 0.3) is 0 Å². The van der Waals surface area contributed by atoms with Crippen molar-refractivity contribution in [1.29, 1.82) is 0 Å². The van der Waals surface area contributed by atoms with Crippen molar-refractivity contribution in [1.82, 2.24) is 10.2 Å². The zero-order valence-corrected chi connectivity index (χ0v) is 18.4. The molecule has 0 amide bonds. The first kappa shape index (κ1) is 19.3. The molecule has 2 aromatic heterocycles. The second kappa shape index (κ2) is 8.53. The normalized spacial score (nSPS) is 29.0. The second-order valence-corrected chi connectivity index (χ2v) is 8.53. The third-order valence-electron chi connectivity index (χ3n) is 5.95. The summed E-state index contributed by atoms with van der Waals surface area (Å²) in [6.07, 6.45) is 6.06. The maximum Gasteiger partial charge on any atom is 0.194 e. The van der Waals surface area contributed by atoms with Gasteiger partial charge in [-0.05, 0) is 36.4 Å². The second-order valence-electron chi connectivity index (χ2n) is 7.50. The Kier molecular flexibility index (Phi) is 6.08. The number of likely N-dealkylation sites (tertiary alicyclic amines) is 1. The molecule has 3 aliphatic heterocycles. The standard InChI is InChI=1S/C20H25N3O2S.HI/c1-3-14(24-9-1)7-8-21-20(22-11-15-4-2-10-26-15)23-12-16-17(13-23)19-6-5-18(16)25-19;/h1-4,9-10,16-19H,5-8,11-13H2,(H,21,22);1H. The number of thiophene rings is 1. The van der Waals surface area contributed by atoms with Crippen molar-refractivity contribution < 1.29 is 9.15 Å². The molecular formula is C20H26IN3O2S. The minimum absolute atomic E-state index is 0. The lowest BCUT2D eigenvalue weighted by Gasteiger charge is -2.23. The third-order valence-corrected chi connectivity index (χ3v) is 6.81. The Morgan fingerprint density at radius 2 is 2.00 bits per heavy atom. The predicted molar refractivity (Wildman–Crippen MR) is 118 cm³/mol. The SMILES string of the molecule is I.c1coc(CCNC(=NCc2cccs2)N2CC3C4CCC(O4)C3C2)c1. The van der Waals surface area contributed by atoms with Crippen LogP contribution >= 0.6 is 35.3 Å². The van der Waals surface area contributed by atoms with Gasteiger partial charge in [0.05, 0.1) is 25.0 Å². The van der Waals surface area contributed by atoms with Gasteiger partial charge in [-0.2, -0.15) is 0 Å². The Labute approximate surface area is 181 Å². The number of rotatable bonds is 5. The smallest absolute Gasteiger partial charge is 0.194 e. The number of hydrogen-bond acceptors (Lipinski definition) is 4. The molecule has 0 aliphatic carbocycles. The van der Waals surface area contributed by atoms with E-state index in [4.69, 9.17) is 14.1 Å². The first-order valence-corrected chi connectivity index (χ1v) is 10.5. The molecule has 2 aromatic rings. The highest BCUT2D eigenvalue weighted by atomic mass is 127. The van der Waals surface area contributed by atoms with E-state index in [2.05, 4.69) is 27.7 Å². The number of fused-ring (bicyclic) bond motifs is 5. The lowest BCUT2D eigenvalue weighted by Crippen LogP contribution is -2.42. The molecule has 3 aliphatic rings. The van der Waals surface area contributed by atoms with Gasteiger partial charge in [0, 0.05) is 42.8 Å². The number of guanidine groups is 1. The van der Waals surface area contributed by atoms with Gasteiger partial charge in [-0.1, -0.05) is 6.07 Å². The lowest BCUT2D eigenvalue weighted by molar-refractivity contribution is 0.0767. The van der Waals surface area contributed by atoms with Crippen molar-refractivity contribution in [3.05, 3.63) is 46.5 Å². The van der Waals surface area contributed by atoms with E-state index in [1.54, 1.807) is 17.6 Å². The topological polar surface area (TPSA) is 50.0 Å². The average molecular weight is 499 g/mol. The van der Waals surface area contributed by atoms with Crippen LogP contribution in [-0.2, 0) is 17.7 Å². The monoisotopic (exact) mass is 499 g/mol. The average Bonchev–Trinajstić information content (AvgIpc) is 3.45. The van der Waals surface area contributed by atoms with Gasteiger partial charge in [0.15, 0.2) is 5.96 Å². The molecule has 4 atom stereocenters. The van der Waals surface area contributed by atoms with Crippen LogP contribution in [0.1, 0.15) is 23.5 Å². The summed E-state index contributed by atoms with van der Waals surface area (Å²) in [7, 11) is 0. The molecule has 5 heterocycles. The third kappa shape index (κ3) is 4.05. The summed E-state index contributed by atoms with van der Waals surface area (Å²) in [5.41, 5.74) is 0. The van der Waals surface area contributed by atoms with Crippen LogP contribution in [0.5, 0.6) is 0 Å². The van der Waals surface area contributed by atoms with E-state index in [1.165, 1.54) is 17.7 Å². The Bertz CT molecular complexity index is 731. The number of nitrogens with one attached hydrogen (secondary N) is 1. The molecule has 3 fully saturated rings. The molecule has 0 saturated carbocycles. The molecule has 4 unspecified atom stereocenters. The van der Waals surface area contributed by atoms with Crippen LogP contribution in [0.2, 0.25) is 0 Å². The van der Waals surface area contributed by atoms with E-state index in [0.717, 1.165) is 44.3 Å². The summed E-state index contributed by atoms with van der Waals surface area (Å²) in [6, 6.07) is 8.22. The molecule has 146 valence electrons. The zero-order chi connectivity index (χ0) is 17.3. The highest BCUT2D eigenvalue weighted by Gasteiger charge is 2.53. The van der Waals surface area contributed by atoms with E-state index in [-0.39, 0.29) is 24.0 Å². The zero-order valence-electron chi connectivity index (χ0n) is 15.3. The number of nitrogens with zero attached hydrogens (tertiary/aromatic N) is 2. The first-order valence-electron chi connectivity index (χ1n) is 9.60. The fourth-order valence-electron chi connectivity index (χ4n) is 4.71. The van der Waals surface area contributed by atoms with Crippen molar-refractivity contribution in [3.63, 3.8) is 0 Å². The summed E-state index contributed by atoms with van der Waals surface area (Å²) in [4.78, 5) is 8.70. The summed E-state index contributed by atoms with van der Waals surface area (Å²) < 4.78 is 11.6. The molecule has 5 nitrogen and oxygen atoms in total. The van der Waals surface area contributed by atoms with Crippen molar-refractivity contribution in [2.45, 2.75) is 38.0 Å². The molecule has 7 heteroatoms. The Hall–Kier alpha value is -1.06. The van der Waals surface area contributed by atoms with E-state index >= 15 is 0 Å². The van der Waals surface area contributed by atoms with E-state index in [9.17, 15) is 0 Å². The van der Waals surface area contributed by atoms with Gasteiger partial charge in [0.25, 0.3) is 0 Å². The molecule has 0 spiro atoms. The van der Waals surface area contributed by atoms with Gasteiger partial charge in [-0.3, -0.25) is 0 Å². The van der Waals surface area contributed by atoms with E-state index < -0.39 is 0 Å². The number of furan rings is 1. The van der Waals surface area contributed by atoms with Crippen molar-refractivity contribution in [2.75, 3.05) is 19.6 Å². The summed E-state index contributed by atoms with van der Waals surface area (Å²) in [6.45, 7) is 3.73. The summed E-state index contributed by atoms with van der Waals surface area (Å²) in [5, 5.41) is 5.70. The Morgan fingerprint density at radius 3 is 2.67 bits per heavy atom. The Morgan fingerprint density at radius 1 is 1.19 bits per heavy atom. The quantitative estimate of drug-likeness (QED) is 0.387. The van der Waals surface area contributed by atoms with Crippen LogP contribution < -0.4 is 5.32 Å². The van der Waals surface area contributed by atoms with Gasteiger partial charge in [0.2, 0.25) is 0 Å². The van der Waals surface area contributed by atoms with Gasteiger partial charge >= 0.3 is 0 Å². The molecule has 0 aromatic carbocycles. The molecule has 27 heavy (non-hydrogen) atoms. The minimum Gasteiger partial charge on any atom is -0.469 e. The Balaban J connectivity index is 0.00000180. The van der Waals surface area contributed by atoms with Crippen LogP contribution in [0.3, 0.4) is 0 Å². The van der Waals surface area contributed by atoms with Crippen molar-refractivity contribution in [2.24, 2.45) is 16.8 Å². The predicted octanol–water partition coefficient (Wildman–Crippen LogP) is 3.76. The molecule has 0 radical (unpaired) electrons. The highest BCUT2D eigenvalue weighted by Crippen LogP contribution is 2.47. The number of ether oxygens (including phenoxy) is 1. The van der Waals surface area contributed by atoms with Crippen LogP contribution in [0, 0.1) is 11.8 Å². The first-order chi connectivity index (χ1) is 12.9. The van der Waals surface area contributed by atoms with Crippen molar-refractivity contribution >= 4 is 41.3 Å². The fourth-order valence-corrected chi connectivity index (χ4v) is 5.34. The van der Waals surface area contributed by atoms with Gasteiger partial charge in [0.1, 0.15) is 5.76 Å². The minimum atomic E-state index is 0. The van der Waals surface area contributed by atoms with Crippen LogP contribution in [0.4, 0.5) is 0 Å². The lowest BCUT2D eigenvalue weighted by atomic mass is 9.82. The van der Waals surface area contributed by atoms with Gasteiger partial charge < -0.3 is 19.4 Å². The summed E-state index contributed by atoms with van der Waals surface area (Å²) in [5.74, 6) is 3.43. The largest absolute Gasteiger partial charge is 0.469 e.